The first-order valence-electron chi connectivity index (χ1n) is 15.0. The van der Waals surface area contributed by atoms with Crippen LogP contribution in [0.25, 0.3) is 22.0 Å². The highest BCUT2D eigenvalue weighted by molar-refractivity contribution is 7.14. The Morgan fingerprint density at radius 1 is 1.02 bits per heavy atom. The molecule has 12 heteroatoms. The lowest BCUT2D eigenvalue weighted by Crippen LogP contribution is -2.27. The number of amides is 2. The van der Waals surface area contributed by atoms with Crippen molar-refractivity contribution in [2.75, 3.05) is 13.1 Å². The lowest BCUT2D eigenvalue weighted by Gasteiger charge is -2.19. The zero-order valence-electron chi connectivity index (χ0n) is 24.9. The summed E-state index contributed by atoms with van der Waals surface area (Å²) in [6.07, 6.45) is 3.07. The Morgan fingerprint density at radius 2 is 1.80 bits per heavy atom. The van der Waals surface area contributed by atoms with E-state index in [9.17, 15) is 14.7 Å². The van der Waals surface area contributed by atoms with Gasteiger partial charge in [-0.1, -0.05) is 35.5 Å². The van der Waals surface area contributed by atoms with Crippen LogP contribution in [0.3, 0.4) is 0 Å². The summed E-state index contributed by atoms with van der Waals surface area (Å²) < 4.78 is 12.1. The summed E-state index contributed by atoms with van der Waals surface area (Å²) in [5.74, 6) is 2.59. The van der Waals surface area contributed by atoms with Crippen molar-refractivity contribution in [1.29, 1.82) is 0 Å². The predicted octanol–water partition coefficient (Wildman–Crippen LogP) is 5.12. The molecule has 2 atom stereocenters. The summed E-state index contributed by atoms with van der Waals surface area (Å²) in [5, 5.41) is 24.1. The molecule has 0 bridgehead atoms. The van der Waals surface area contributed by atoms with Crippen molar-refractivity contribution in [3.05, 3.63) is 58.9 Å². The number of hydrogen-bond acceptors (Lipinski definition) is 10. The number of aromatic nitrogens is 4. The Balaban J connectivity index is 1.14. The van der Waals surface area contributed by atoms with Crippen LogP contribution in [0.4, 0.5) is 0 Å². The molecule has 4 heterocycles. The lowest BCUT2D eigenvalue weighted by molar-refractivity contribution is -0.129. The Kier molecular flexibility index (Phi) is 7.20. The van der Waals surface area contributed by atoms with Crippen LogP contribution < -0.4 is 4.74 Å². The quantitative estimate of drug-likeness (QED) is 0.273. The van der Waals surface area contributed by atoms with Crippen molar-refractivity contribution >= 4 is 23.2 Å². The molecule has 2 amide bonds. The molecule has 4 aromatic rings. The molecule has 0 radical (unpaired) electrons. The van der Waals surface area contributed by atoms with Crippen LogP contribution in [-0.2, 0) is 21.7 Å². The van der Waals surface area contributed by atoms with E-state index in [-0.39, 0.29) is 17.7 Å². The molecule has 228 valence electrons. The number of ether oxygens (including phenoxy) is 1. The van der Waals surface area contributed by atoms with Crippen LogP contribution >= 0.6 is 11.3 Å². The number of carbonyl (C=O) groups excluding carboxylic acids is 2. The third kappa shape index (κ3) is 5.83. The number of rotatable bonds is 9. The molecule has 3 aliphatic rings. The maximum Gasteiger partial charge on any atom is 0.232 e. The van der Waals surface area contributed by atoms with Gasteiger partial charge in [-0.3, -0.25) is 9.59 Å². The average Bonchev–Trinajstić information content (AvgIpc) is 3.34. The average molecular weight is 615 g/mol. The Morgan fingerprint density at radius 3 is 2.48 bits per heavy atom. The molecule has 7 rings (SSSR count). The number of hydrogen-bond donors (Lipinski definition) is 1. The van der Waals surface area contributed by atoms with E-state index in [1.54, 1.807) is 13.8 Å². The van der Waals surface area contributed by atoms with Gasteiger partial charge in [0.05, 0.1) is 5.92 Å². The highest BCUT2D eigenvalue weighted by Gasteiger charge is 2.41. The molecule has 3 fully saturated rings. The summed E-state index contributed by atoms with van der Waals surface area (Å²) in [7, 11) is 0. The lowest BCUT2D eigenvalue weighted by atomic mass is 10.1. The molecule has 1 saturated carbocycles. The largest absolute Gasteiger partial charge is 0.457 e. The van der Waals surface area contributed by atoms with Gasteiger partial charge in [-0.05, 0) is 62.9 Å². The fourth-order valence-electron chi connectivity index (χ4n) is 5.78. The summed E-state index contributed by atoms with van der Waals surface area (Å²) in [5.41, 5.74) is 1.39. The van der Waals surface area contributed by atoms with Crippen molar-refractivity contribution in [3.8, 4) is 33.5 Å². The van der Waals surface area contributed by atoms with Crippen molar-refractivity contribution in [3.63, 3.8) is 0 Å². The van der Waals surface area contributed by atoms with Crippen LogP contribution in [-0.4, -0.2) is 66.2 Å². The predicted molar refractivity (Wildman–Crippen MR) is 162 cm³/mol. The third-order valence-electron chi connectivity index (χ3n) is 8.31. The minimum atomic E-state index is -1.06. The molecule has 2 aromatic heterocycles. The van der Waals surface area contributed by atoms with E-state index in [4.69, 9.17) is 9.26 Å². The van der Waals surface area contributed by atoms with Gasteiger partial charge in [0.15, 0.2) is 0 Å². The molecule has 1 N–H and O–H groups in total. The normalized spacial score (nSPS) is 20.6. The zero-order valence-corrected chi connectivity index (χ0v) is 25.7. The Hall–Kier alpha value is -4.16. The van der Waals surface area contributed by atoms with Gasteiger partial charge in [-0.2, -0.15) is 4.98 Å². The van der Waals surface area contributed by atoms with E-state index in [2.05, 4.69) is 27.3 Å². The first-order valence-corrected chi connectivity index (χ1v) is 15.8. The van der Waals surface area contributed by atoms with Crippen LogP contribution in [0.2, 0.25) is 0 Å². The third-order valence-corrected chi connectivity index (χ3v) is 9.59. The summed E-state index contributed by atoms with van der Waals surface area (Å²) in [6, 6.07) is 13.6. The number of benzene rings is 2. The van der Waals surface area contributed by atoms with E-state index >= 15 is 0 Å². The molecule has 1 aliphatic carbocycles. The monoisotopic (exact) mass is 614 g/mol. The van der Waals surface area contributed by atoms with Crippen molar-refractivity contribution in [2.24, 2.45) is 5.92 Å². The standard InChI is InChI=1S/C32H34N6O5S/c1-18-12-26(39)37(15-18)16-21-5-4-20(28-33-29(43-36-28)22-14-27(40)38(17-22)23-8-9-23)13-25(21)42-24-10-6-19(7-11-24)30-34-35-31(44-30)32(2,3)41/h4-7,10-11,13,18,22-23,41H,8-9,12,14-17H2,1-3H3/t18-,22?/m0/s1. The fraction of sp³-hybridized carbons (Fsp3) is 0.438. The highest BCUT2D eigenvalue weighted by atomic mass is 32.1. The molecule has 2 aromatic carbocycles. The van der Waals surface area contributed by atoms with Crippen molar-refractivity contribution in [1.82, 2.24) is 30.1 Å². The van der Waals surface area contributed by atoms with Crippen LogP contribution in [0.5, 0.6) is 11.5 Å². The molecular weight excluding hydrogens is 580 g/mol. The first kappa shape index (κ1) is 28.6. The minimum absolute atomic E-state index is 0.103. The van der Waals surface area contributed by atoms with Gasteiger partial charge in [0.2, 0.25) is 23.5 Å². The fourth-order valence-corrected chi connectivity index (χ4v) is 6.63. The maximum absolute atomic E-state index is 12.6. The molecule has 2 saturated heterocycles. The van der Waals surface area contributed by atoms with Crippen molar-refractivity contribution in [2.45, 2.75) is 70.6 Å². The van der Waals surface area contributed by atoms with Crippen molar-refractivity contribution < 1.29 is 24.0 Å². The second kappa shape index (κ2) is 11.1. The number of carbonyl (C=O) groups is 2. The smallest absolute Gasteiger partial charge is 0.232 e. The Bertz CT molecular complexity index is 1710. The van der Waals surface area contributed by atoms with Crippen LogP contribution in [0.15, 0.2) is 47.0 Å². The number of aliphatic hydroxyl groups is 1. The van der Waals surface area contributed by atoms with Gasteiger partial charge in [-0.25, -0.2) is 0 Å². The SMILES string of the molecule is C[C@H]1CC(=O)N(Cc2ccc(-c3noc(C4CC(=O)N(C5CC5)C4)n3)cc2Oc2ccc(-c3nnc(C(C)(C)O)s3)cc2)C1. The maximum atomic E-state index is 12.6. The van der Waals surface area contributed by atoms with Crippen LogP contribution in [0.1, 0.15) is 68.8 Å². The van der Waals surface area contributed by atoms with E-state index in [0.29, 0.717) is 83.2 Å². The highest BCUT2D eigenvalue weighted by Crippen LogP contribution is 2.38. The first-order chi connectivity index (χ1) is 21.1. The molecule has 2 aliphatic heterocycles. The molecule has 11 nitrogen and oxygen atoms in total. The van der Waals surface area contributed by atoms with Gasteiger partial charge < -0.3 is 24.2 Å². The topological polar surface area (TPSA) is 135 Å². The van der Waals surface area contributed by atoms with E-state index in [0.717, 1.165) is 24.0 Å². The van der Waals surface area contributed by atoms with E-state index in [1.165, 1.54) is 11.3 Å². The second-order valence-corrected chi connectivity index (χ2v) is 13.6. The second-order valence-electron chi connectivity index (χ2n) is 12.6. The van der Waals surface area contributed by atoms with Gasteiger partial charge in [0.1, 0.15) is 27.1 Å². The van der Waals surface area contributed by atoms with E-state index in [1.807, 2.05) is 52.3 Å². The number of nitrogens with zero attached hydrogens (tertiary/aromatic N) is 6. The van der Waals surface area contributed by atoms with E-state index < -0.39 is 5.60 Å². The van der Waals surface area contributed by atoms with Crippen LogP contribution in [0, 0.1) is 5.92 Å². The van der Waals surface area contributed by atoms with Gasteiger partial charge in [0.25, 0.3) is 0 Å². The minimum Gasteiger partial charge on any atom is -0.457 e. The summed E-state index contributed by atoms with van der Waals surface area (Å²) in [6.45, 7) is 7.20. The number of likely N-dealkylation sites (tertiary alicyclic amines) is 2. The molecule has 1 unspecified atom stereocenters. The molecule has 0 spiro atoms. The molecule has 44 heavy (non-hydrogen) atoms. The Labute approximate surface area is 258 Å². The summed E-state index contributed by atoms with van der Waals surface area (Å²) >= 11 is 1.34. The zero-order chi connectivity index (χ0) is 30.6. The van der Waals surface area contributed by atoms with Gasteiger partial charge >= 0.3 is 0 Å². The van der Waals surface area contributed by atoms with Gasteiger partial charge in [0, 0.05) is 55.2 Å². The molecular formula is C32H34N6O5S. The van der Waals surface area contributed by atoms with Gasteiger partial charge in [-0.15, -0.1) is 10.2 Å². The summed E-state index contributed by atoms with van der Waals surface area (Å²) in [4.78, 5) is 33.6.